The number of hydrogen-bond acceptors (Lipinski definition) is 4. The molecule has 3 nitrogen and oxygen atoms in total. The molecule has 0 amide bonds. The molecule has 0 N–H and O–H groups in total. The molecule has 0 radical (unpaired) electrons. The monoisotopic (exact) mass is 192 g/mol. The molecule has 0 bridgehead atoms. The van der Waals surface area contributed by atoms with Crippen molar-refractivity contribution < 1.29 is 4.79 Å². The number of nitrogens with zero attached hydrogens (tertiary/aromatic N) is 2. The van der Waals surface area contributed by atoms with Crippen molar-refractivity contribution in [3.63, 3.8) is 0 Å². The molecule has 0 aliphatic carbocycles. The number of hydrogen-bond donors (Lipinski definition) is 0. The van der Waals surface area contributed by atoms with Crippen LogP contribution >= 0.6 is 11.3 Å². The zero-order valence-corrected chi connectivity index (χ0v) is 7.65. The Morgan fingerprint density at radius 3 is 2.15 bits per heavy atom. The van der Waals surface area contributed by atoms with Crippen LogP contribution in [-0.4, -0.2) is 16.3 Å². The van der Waals surface area contributed by atoms with Gasteiger partial charge in [0.15, 0.2) is 11.3 Å². The fourth-order valence-corrected chi connectivity index (χ4v) is 1.04. The first-order chi connectivity index (χ1) is 6.43. The fourth-order valence-electron chi connectivity index (χ4n) is 0.605. The van der Waals surface area contributed by atoms with Crippen LogP contribution in [0.5, 0.6) is 0 Å². The van der Waals surface area contributed by atoms with Gasteiger partial charge in [-0.15, -0.1) is 11.3 Å². The van der Waals surface area contributed by atoms with Gasteiger partial charge in [-0.2, -0.15) is 0 Å². The molecule has 66 valence electrons. The van der Waals surface area contributed by atoms with Crippen molar-refractivity contribution in [2.24, 2.45) is 0 Å². The smallest absolute Gasteiger partial charge is 0.178 e. The van der Waals surface area contributed by atoms with Crippen molar-refractivity contribution >= 4 is 17.6 Å². The van der Waals surface area contributed by atoms with Crippen molar-refractivity contribution in [3.05, 3.63) is 47.2 Å². The highest BCUT2D eigenvalue weighted by molar-refractivity contribution is 7.11. The first-order valence-electron chi connectivity index (χ1n) is 3.63. The summed E-state index contributed by atoms with van der Waals surface area (Å²) in [7, 11) is 0. The third-order valence-corrected chi connectivity index (χ3v) is 1.82. The van der Waals surface area contributed by atoms with Crippen LogP contribution in [-0.2, 0) is 0 Å². The van der Waals surface area contributed by atoms with Crippen LogP contribution in [0.1, 0.15) is 9.80 Å². The SMILES string of the molecule is O=Cc1nccs1.c1ccncc1. The maximum absolute atomic E-state index is 9.82. The number of carbonyl (C=O) groups is 1. The third-order valence-electron chi connectivity index (χ3n) is 1.12. The Balaban J connectivity index is 0.000000132. The molecular formula is C9H8N2OS. The van der Waals surface area contributed by atoms with Crippen LogP contribution in [0.25, 0.3) is 0 Å². The first kappa shape index (κ1) is 9.54. The normalized spacial score (nSPS) is 8.31. The van der Waals surface area contributed by atoms with Crippen molar-refractivity contribution in [1.82, 2.24) is 9.97 Å². The van der Waals surface area contributed by atoms with Gasteiger partial charge in [-0.3, -0.25) is 9.78 Å². The van der Waals surface area contributed by atoms with E-state index in [-0.39, 0.29) is 0 Å². The van der Waals surface area contributed by atoms with Crippen LogP contribution in [0.15, 0.2) is 42.2 Å². The summed E-state index contributed by atoms with van der Waals surface area (Å²) in [5.74, 6) is 0. The third kappa shape index (κ3) is 4.12. The lowest BCUT2D eigenvalue weighted by atomic mass is 10.5. The summed E-state index contributed by atoms with van der Waals surface area (Å²) in [6.07, 6.45) is 5.85. The zero-order chi connectivity index (χ0) is 9.36. The summed E-state index contributed by atoms with van der Waals surface area (Å²) < 4.78 is 0. The molecule has 0 aliphatic rings. The fraction of sp³-hybridized carbons (Fsp3) is 0. The van der Waals surface area contributed by atoms with Gasteiger partial charge in [0.1, 0.15) is 0 Å². The number of pyridine rings is 1. The van der Waals surface area contributed by atoms with E-state index in [1.54, 1.807) is 24.0 Å². The number of carbonyl (C=O) groups excluding carboxylic acids is 1. The molecule has 0 atom stereocenters. The second kappa shape index (κ2) is 6.02. The molecule has 4 heteroatoms. The van der Waals surface area contributed by atoms with Gasteiger partial charge in [-0.25, -0.2) is 4.98 Å². The van der Waals surface area contributed by atoms with Gasteiger partial charge in [0.05, 0.1) is 0 Å². The minimum atomic E-state index is 0.542. The minimum absolute atomic E-state index is 0.542. The molecule has 0 aliphatic heterocycles. The Kier molecular flexibility index (Phi) is 4.42. The van der Waals surface area contributed by atoms with E-state index in [1.807, 2.05) is 18.2 Å². The molecule has 0 saturated carbocycles. The molecule has 13 heavy (non-hydrogen) atoms. The molecule has 0 aromatic carbocycles. The van der Waals surface area contributed by atoms with Gasteiger partial charge < -0.3 is 0 Å². The molecule has 0 saturated heterocycles. The van der Waals surface area contributed by atoms with Gasteiger partial charge in [-0.1, -0.05) is 6.07 Å². The van der Waals surface area contributed by atoms with Crippen LogP contribution in [0.3, 0.4) is 0 Å². The maximum atomic E-state index is 9.82. The summed E-state index contributed by atoms with van der Waals surface area (Å²) in [6, 6.07) is 5.72. The quantitative estimate of drug-likeness (QED) is 0.649. The largest absolute Gasteiger partial charge is 0.295 e. The molecule has 0 unspecified atom stereocenters. The average Bonchev–Trinajstić information content (AvgIpc) is 2.74. The van der Waals surface area contributed by atoms with Crippen LogP contribution in [0.2, 0.25) is 0 Å². The van der Waals surface area contributed by atoms with Crippen LogP contribution < -0.4 is 0 Å². The van der Waals surface area contributed by atoms with Gasteiger partial charge in [0.25, 0.3) is 0 Å². The van der Waals surface area contributed by atoms with E-state index in [2.05, 4.69) is 9.97 Å². The Labute approximate surface area is 80.1 Å². The summed E-state index contributed by atoms with van der Waals surface area (Å²) in [5.41, 5.74) is 0. The highest BCUT2D eigenvalue weighted by Gasteiger charge is 1.84. The lowest BCUT2D eigenvalue weighted by Gasteiger charge is -1.70. The van der Waals surface area contributed by atoms with Gasteiger partial charge in [0, 0.05) is 24.0 Å². The summed E-state index contributed by atoms with van der Waals surface area (Å²) in [6.45, 7) is 0. The van der Waals surface area contributed by atoms with E-state index in [0.29, 0.717) is 5.01 Å². The predicted molar refractivity (Wildman–Crippen MR) is 51.7 cm³/mol. The summed E-state index contributed by atoms with van der Waals surface area (Å²) in [4.78, 5) is 17.3. The van der Waals surface area contributed by atoms with E-state index in [0.717, 1.165) is 6.29 Å². The van der Waals surface area contributed by atoms with Gasteiger partial charge in [0.2, 0.25) is 0 Å². The maximum Gasteiger partial charge on any atom is 0.178 e. The first-order valence-corrected chi connectivity index (χ1v) is 4.51. The Bertz CT molecular complexity index is 294. The zero-order valence-electron chi connectivity index (χ0n) is 6.83. The van der Waals surface area contributed by atoms with E-state index < -0.39 is 0 Å². The van der Waals surface area contributed by atoms with Crippen molar-refractivity contribution in [2.45, 2.75) is 0 Å². The minimum Gasteiger partial charge on any atom is -0.295 e. The lowest BCUT2D eigenvalue weighted by Crippen LogP contribution is -1.69. The molecule has 0 spiro atoms. The van der Waals surface area contributed by atoms with Crippen LogP contribution in [0, 0.1) is 0 Å². The molecule has 0 fully saturated rings. The summed E-state index contributed by atoms with van der Waals surface area (Å²) in [5, 5.41) is 2.31. The number of aromatic nitrogens is 2. The highest BCUT2D eigenvalue weighted by atomic mass is 32.1. The second-order valence-electron chi connectivity index (χ2n) is 2.01. The number of aldehydes is 1. The van der Waals surface area contributed by atoms with E-state index in [1.165, 1.54) is 11.3 Å². The van der Waals surface area contributed by atoms with Gasteiger partial charge in [-0.05, 0) is 12.1 Å². The highest BCUT2D eigenvalue weighted by Crippen LogP contribution is 1.97. The topological polar surface area (TPSA) is 42.9 Å². The van der Waals surface area contributed by atoms with E-state index >= 15 is 0 Å². The van der Waals surface area contributed by atoms with Crippen molar-refractivity contribution in [3.8, 4) is 0 Å². The molecule has 2 aromatic rings. The Morgan fingerprint density at radius 1 is 1.15 bits per heavy atom. The van der Waals surface area contributed by atoms with Crippen molar-refractivity contribution in [2.75, 3.05) is 0 Å². The van der Waals surface area contributed by atoms with Gasteiger partial charge >= 0.3 is 0 Å². The molecular weight excluding hydrogens is 184 g/mol. The Morgan fingerprint density at radius 2 is 1.92 bits per heavy atom. The molecule has 2 aromatic heterocycles. The van der Waals surface area contributed by atoms with Crippen LogP contribution in [0.4, 0.5) is 0 Å². The molecule has 2 heterocycles. The lowest BCUT2D eigenvalue weighted by molar-refractivity contribution is 0.112. The second-order valence-corrected chi connectivity index (χ2v) is 2.94. The van der Waals surface area contributed by atoms with E-state index in [4.69, 9.17) is 0 Å². The van der Waals surface area contributed by atoms with E-state index in [9.17, 15) is 4.79 Å². The standard InChI is InChI=1S/C5H5N.C4H3NOS/c1-2-4-6-5-3-1;6-3-4-5-1-2-7-4/h1-5H;1-3H. The number of rotatable bonds is 1. The average molecular weight is 192 g/mol. The predicted octanol–water partition coefficient (Wildman–Crippen LogP) is 2.04. The summed E-state index contributed by atoms with van der Waals surface area (Å²) >= 11 is 1.34. The number of thiazole rings is 1. The Hall–Kier alpha value is -1.55. The van der Waals surface area contributed by atoms with Crippen molar-refractivity contribution in [1.29, 1.82) is 0 Å². The molecule has 2 rings (SSSR count).